The summed E-state index contributed by atoms with van der Waals surface area (Å²) in [5.74, 6) is 0.337. The van der Waals surface area contributed by atoms with Gasteiger partial charge in [0.2, 0.25) is 11.7 Å². The normalized spacial score (nSPS) is 11.3. The first kappa shape index (κ1) is 27.4. The lowest BCUT2D eigenvalue weighted by molar-refractivity contribution is -0.385. The van der Waals surface area contributed by atoms with Crippen LogP contribution >= 0.6 is 0 Å². The van der Waals surface area contributed by atoms with Gasteiger partial charge in [-0.05, 0) is 36.6 Å². The van der Waals surface area contributed by atoms with Crippen LogP contribution < -0.4 is 19.5 Å². The average molecular weight is 488 g/mol. The largest absolute Gasteiger partial charge is 0.497 e. The summed E-state index contributed by atoms with van der Waals surface area (Å²) in [5, 5.41) is 14.0. The number of carbonyl (C=O) groups excluding carboxylic acids is 2. The Morgan fingerprint density at radius 2 is 1.74 bits per heavy atom. The van der Waals surface area contributed by atoms with E-state index < -0.39 is 16.9 Å². The molecule has 10 heteroatoms. The fourth-order valence-corrected chi connectivity index (χ4v) is 3.48. The molecule has 2 aromatic rings. The van der Waals surface area contributed by atoms with Crippen LogP contribution in [0.5, 0.6) is 17.2 Å². The van der Waals surface area contributed by atoms with E-state index in [2.05, 4.69) is 5.32 Å². The molecule has 0 aliphatic rings. The second-order valence-electron chi connectivity index (χ2n) is 7.82. The third-order valence-corrected chi connectivity index (χ3v) is 5.44. The van der Waals surface area contributed by atoms with E-state index in [0.717, 1.165) is 18.4 Å². The van der Waals surface area contributed by atoms with Crippen LogP contribution in [0, 0.1) is 10.1 Å². The molecule has 0 unspecified atom stereocenters. The zero-order chi connectivity index (χ0) is 25.8. The van der Waals surface area contributed by atoms with Crippen LogP contribution in [0.25, 0.3) is 0 Å². The fraction of sp³-hybridized carbons (Fsp3) is 0.440. The zero-order valence-corrected chi connectivity index (χ0v) is 20.6. The molecule has 2 aromatic carbocycles. The molecule has 0 heterocycles. The molecule has 0 aliphatic carbocycles. The molecule has 0 saturated heterocycles. The van der Waals surface area contributed by atoms with Gasteiger partial charge in [0.15, 0.2) is 6.61 Å². The number of hydrogen-bond donors (Lipinski definition) is 1. The topological polar surface area (TPSA) is 120 Å². The number of carbonyl (C=O) groups is 2. The minimum Gasteiger partial charge on any atom is -0.497 e. The second kappa shape index (κ2) is 13.8. The highest BCUT2D eigenvalue weighted by Gasteiger charge is 2.29. The van der Waals surface area contributed by atoms with Crippen molar-refractivity contribution >= 4 is 17.5 Å². The Labute approximate surface area is 205 Å². The Kier molecular flexibility index (Phi) is 10.8. The van der Waals surface area contributed by atoms with Gasteiger partial charge in [0.1, 0.15) is 17.5 Å². The predicted molar refractivity (Wildman–Crippen MR) is 131 cm³/mol. The molecule has 0 bridgehead atoms. The highest BCUT2D eigenvalue weighted by atomic mass is 16.6. The average Bonchev–Trinajstić information content (AvgIpc) is 2.87. The molecule has 0 fully saturated rings. The fourth-order valence-electron chi connectivity index (χ4n) is 3.48. The van der Waals surface area contributed by atoms with Crippen molar-refractivity contribution in [2.45, 2.75) is 45.7 Å². The highest BCUT2D eigenvalue weighted by Crippen LogP contribution is 2.30. The molecule has 10 nitrogen and oxygen atoms in total. The van der Waals surface area contributed by atoms with Crippen LogP contribution in [0.15, 0.2) is 42.5 Å². The number of nitrogens with zero attached hydrogens (tertiary/aromatic N) is 2. The number of nitro groups is 1. The molecule has 0 aromatic heterocycles. The van der Waals surface area contributed by atoms with Gasteiger partial charge in [-0.1, -0.05) is 32.4 Å². The number of rotatable bonds is 14. The van der Waals surface area contributed by atoms with Crippen LogP contribution in [0.3, 0.4) is 0 Å². The third kappa shape index (κ3) is 7.87. The second-order valence-corrected chi connectivity index (χ2v) is 7.82. The number of nitro benzene ring substituents is 1. The molecular formula is C25H33N3O7. The molecule has 0 saturated carbocycles. The summed E-state index contributed by atoms with van der Waals surface area (Å²) in [6.07, 6.45) is 2.21. The number of benzene rings is 2. The Hall–Kier alpha value is -3.82. The van der Waals surface area contributed by atoms with Gasteiger partial charge in [-0.2, -0.15) is 0 Å². The monoisotopic (exact) mass is 487 g/mol. The SMILES string of the molecule is CCCCNC(=O)[C@@H](CC)N(Cc1ccc(OC)cc1)C(=O)COc1ccc([N+](=O)[O-])c(OC)c1. The first-order valence-corrected chi connectivity index (χ1v) is 11.5. The predicted octanol–water partition coefficient (Wildman–Crippen LogP) is 3.71. The standard InChI is InChI=1S/C25H33N3O7/c1-5-7-14-26-25(30)21(6-2)27(16-18-8-10-19(33-3)11-9-18)24(29)17-35-20-12-13-22(28(31)32)23(15-20)34-4/h8-13,15,21H,5-7,14,16-17H2,1-4H3,(H,26,30)/t21-/m1/s1. The third-order valence-electron chi connectivity index (χ3n) is 5.44. The van der Waals surface area contributed by atoms with Gasteiger partial charge < -0.3 is 24.4 Å². The summed E-state index contributed by atoms with van der Waals surface area (Å²) < 4.78 is 15.9. The van der Waals surface area contributed by atoms with E-state index >= 15 is 0 Å². The lowest BCUT2D eigenvalue weighted by atomic mass is 10.1. The van der Waals surface area contributed by atoms with E-state index in [-0.39, 0.29) is 36.2 Å². The summed E-state index contributed by atoms with van der Waals surface area (Å²) in [5.41, 5.74) is 0.623. The first-order valence-electron chi connectivity index (χ1n) is 11.5. The van der Waals surface area contributed by atoms with E-state index in [9.17, 15) is 19.7 Å². The Balaban J connectivity index is 2.22. The van der Waals surface area contributed by atoms with E-state index in [1.54, 1.807) is 19.2 Å². The minimum atomic E-state index is -0.684. The molecule has 0 aliphatic heterocycles. The van der Waals surface area contributed by atoms with Crippen molar-refractivity contribution in [3.63, 3.8) is 0 Å². The van der Waals surface area contributed by atoms with Gasteiger partial charge in [-0.3, -0.25) is 19.7 Å². The van der Waals surface area contributed by atoms with Crippen molar-refractivity contribution in [2.75, 3.05) is 27.4 Å². The van der Waals surface area contributed by atoms with Crippen LogP contribution in [0.2, 0.25) is 0 Å². The van der Waals surface area contributed by atoms with Gasteiger partial charge in [-0.15, -0.1) is 0 Å². The van der Waals surface area contributed by atoms with Gasteiger partial charge in [0, 0.05) is 25.2 Å². The Morgan fingerprint density at radius 1 is 1.06 bits per heavy atom. The van der Waals surface area contributed by atoms with Crippen molar-refractivity contribution in [1.82, 2.24) is 10.2 Å². The number of unbranched alkanes of at least 4 members (excludes halogenated alkanes) is 1. The number of nitrogens with one attached hydrogen (secondary N) is 1. The Bertz CT molecular complexity index is 995. The zero-order valence-electron chi connectivity index (χ0n) is 20.6. The van der Waals surface area contributed by atoms with Crippen LogP contribution in [0.1, 0.15) is 38.7 Å². The molecule has 1 atom stereocenters. The maximum Gasteiger partial charge on any atom is 0.311 e. The van der Waals surface area contributed by atoms with Crippen molar-refractivity contribution in [1.29, 1.82) is 0 Å². The number of methoxy groups -OCH3 is 2. The van der Waals surface area contributed by atoms with E-state index in [4.69, 9.17) is 14.2 Å². The summed E-state index contributed by atoms with van der Waals surface area (Å²) >= 11 is 0. The van der Waals surface area contributed by atoms with Crippen molar-refractivity contribution in [3.8, 4) is 17.2 Å². The lowest BCUT2D eigenvalue weighted by Gasteiger charge is -2.30. The maximum atomic E-state index is 13.3. The smallest absolute Gasteiger partial charge is 0.311 e. The summed E-state index contributed by atoms with van der Waals surface area (Å²) in [6.45, 7) is 4.27. The van der Waals surface area contributed by atoms with E-state index in [1.807, 2.05) is 26.0 Å². The first-order chi connectivity index (χ1) is 16.8. The van der Waals surface area contributed by atoms with E-state index in [1.165, 1.54) is 30.2 Å². The van der Waals surface area contributed by atoms with Crippen molar-refractivity contribution in [2.24, 2.45) is 0 Å². The van der Waals surface area contributed by atoms with Crippen LogP contribution in [-0.2, 0) is 16.1 Å². The van der Waals surface area contributed by atoms with Gasteiger partial charge in [-0.25, -0.2) is 0 Å². The number of ether oxygens (including phenoxy) is 3. The Morgan fingerprint density at radius 3 is 2.31 bits per heavy atom. The molecule has 2 rings (SSSR count). The van der Waals surface area contributed by atoms with Crippen molar-refractivity contribution < 1.29 is 28.7 Å². The molecule has 35 heavy (non-hydrogen) atoms. The highest BCUT2D eigenvalue weighted by molar-refractivity contribution is 5.88. The summed E-state index contributed by atoms with van der Waals surface area (Å²) in [6, 6.07) is 10.6. The number of amides is 2. The summed E-state index contributed by atoms with van der Waals surface area (Å²) in [4.78, 5) is 38.2. The quantitative estimate of drug-likeness (QED) is 0.245. The summed E-state index contributed by atoms with van der Waals surface area (Å²) in [7, 11) is 2.89. The molecule has 190 valence electrons. The molecule has 1 N–H and O–H groups in total. The molecular weight excluding hydrogens is 454 g/mol. The minimum absolute atomic E-state index is 0.0248. The molecule has 0 radical (unpaired) electrons. The molecule has 2 amide bonds. The van der Waals surface area contributed by atoms with Crippen molar-refractivity contribution in [3.05, 3.63) is 58.1 Å². The van der Waals surface area contributed by atoms with Gasteiger partial charge in [0.05, 0.1) is 19.1 Å². The van der Waals surface area contributed by atoms with E-state index in [0.29, 0.717) is 18.7 Å². The van der Waals surface area contributed by atoms with Crippen LogP contribution in [-0.4, -0.2) is 55.1 Å². The lowest BCUT2D eigenvalue weighted by Crippen LogP contribution is -2.50. The molecule has 0 spiro atoms. The van der Waals surface area contributed by atoms with Crippen LogP contribution in [0.4, 0.5) is 5.69 Å². The number of hydrogen-bond acceptors (Lipinski definition) is 7. The van der Waals surface area contributed by atoms with Gasteiger partial charge in [0.25, 0.3) is 5.91 Å². The maximum absolute atomic E-state index is 13.3. The van der Waals surface area contributed by atoms with Gasteiger partial charge >= 0.3 is 5.69 Å².